The summed E-state index contributed by atoms with van der Waals surface area (Å²) in [6.45, 7) is 4.54. The fraction of sp³-hybridized carbons (Fsp3) is 0.450. The second-order valence-electron chi connectivity index (χ2n) is 7.40. The number of aromatic nitrogens is 1. The van der Waals surface area contributed by atoms with E-state index < -0.39 is 0 Å². The highest BCUT2D eigenvalue weighted by Gasteiger charge is 2.40. The maximum atomic E-state index is 12.9. The summed E-state index contributed by atoms with van der Waals surface area (Å²) in [6, 6.07) is 9.99. The first kappa shape index (κ1) is 17.9. The standard InChI is InChI=1S/C20H23Cl2N3O/c1-12-19(13-7-9-25(12)10-8-13)23-20(26)18-6-5-17(24(18)2)14-3-4-15(21)16(22)11-14/h3-6,11-13,19H,7-10H2,1-2H3,(H,23,26)/t12-,19-/m0/s1. The molecule has 1 aromatic heterocycles. The van der Waals surface area contributed by atoms with Gasteiger partial charge in [-0.3, -0.25) is 9.69 Å². The summed E-state index contributed by atoms with van der Waals surface area (Å²) in [5, 5.41) is 4.33. The lowest BCUT2D eigenvalue weighted by molar-refractivity contribution is 0.0215. The molecule has 4 heterocycles. The van der Waals surface area contributed by atoms with Crippen LogP contribution in [0.15, 0.2) is 30.3 Å². The minimum absolute atomic E-state index is 0.00981. The van der Waals surface area contributed by atoms with E-state index in [0.29, 0.717) is 27.7 Å². The second kappa shape index (κ2) is 6.91. The van der Waals surface area contributed by atoms with Crippen LogP contribution in [-0.4, -0.2) is 40.5 Å². The summed E-state index contributed by atoms with van der Waals surface area (Å²) in [7, 11) is 1.91. The third kappa shape index (κ3) is 3.04. The number of hydrogen-bond donors (Lipinski definition) is 1. The molecule has 2 atom stereocenters. The van der Waals surface area contributed by atoms with Gasteiger partial charge in [-0.2, -0.15) is 0 Å². The molecule has 3 fully saturated rings. The summed E-state index contributed by atoms with van der Waals surface area (Å²) >= 11 is 12.2. The molecule has 0 aliphatic carbocycles. The number of piperidine rings is 3. The van der Waals surface area contributed by atoms with Gasteiger partial charge < -0.3 is 9.88 Å². The van der Waals surface area contributed by atoms with E-state index >= 15 is 0 Å². The minimum Gasteiger partial charge on any atom is -0.346 e. The Balaban J connectivity index is 1.56. The summed E-state index contributed by atoms with van der Waals surface area (Å²) < 4.78 is 1.92. The average Bonchev–Trinajstić information content (AvgIpc) is 3.02. The molecule has 1 aromatic carbocycles. The van der Waals surface area contributed by atoms with Gasteiger partial charge in [0.15, 0.2) is 0 Å². The van der Waals surface area contributed by atoms with Gasteiger partial charge in [-0.1, -0.05) is 29.3 Å². The van der Waals surface area contributed by atoms with Crippen molar-refractivity contribution in [2.24, 2.45) is 13.0 Å². The van der Waals surface area contributed by atoms with Crippen molar-refractivity contribution in [1.29, 1.82) is 0 Å². The van der Waals surface area contributed by atoms with Gasteiger partial charge in [0.1, 0.15) is 5.69 Å². The van der Waals surface area contributed by atoms with E-state index in [1.807, 2.05) is 35.9 Å². The van der Waals surface area contributed by atoms with Crippen LogP contribution in [0, 0.1) is 5.92 Å². The van der Waals surface area contributed by atoms with E-state index in [-0.39, 0.29) is 11.9 Å². The number of rotatable bonds is 3. The first-order chi connectivity index (χ1) is 12.5. The molecule has 0 spiro atoms. The zero-order chi connectivity index (χ0) is 18.4. The number of fused-ring (bicyclic) bond motifs is 3. The van der Waals surface area contributed by atoms with Crippen LogP contribution < -0.4 is 5.32 Å². The quantitative estimate of drug-likeness (QED) is 0.850. The second-order valence-corrected chi connectivity index (χ2v) is 8.22. The van der Waals surface area contributed by atoms with Crippen LogP contribution >= 0.6 is 23.2 Å². The lowest BCUT2D eigenvalue weighted by Gasteiger charge is -2.49. The van der Waals surface area contributed by atoms with Gasteiger partial charge in [-0.05, 0) is 68.6 Å². The normalized spacial score (nSPS) is 27.5. The molecule has 3 saturated heterocycles. The first-order valence-corrected chi connectivity index (χ1v) is 9.87. The maximum Gasteiger partial charge on any atom is 0.268 e. The fourth-order valence-electron chi connectivity index (χ4n) is 4.46. The number of nitrogens with one attached hydrogen (secondary N) is 1. The smallest absolute Gasteiger partial charge is 0.268 e. The predicted octanol–water partition coefficient (Wildman–Crippen LogP) is 4.21. The molecule has 0 unspecified atom stereocenters. The lowest BCUT2D eigenvalue weighted by Crippen LogP contribution is -2.62. The number of carbonyl (C=O) groups excluding carboxylic acids is 1. The number of halogens is 2. The Kier molecular flexibility index (Phi) is 4.76. The molecule has 0 radical (unpaired) electrons. The molecular formula is C20H23Cl2N3O. The SMILES string of the molecule is C[C@H]1[C@H](NC(=O)c2ccc(-c3ccc(Cl)c(Cl)c3)n2C)C2CCN1CC2. The number of nitrogens with zero attached hydrogens (tertiary/aromatic N) is 2. The molecule has 2 bridgehead atoms. The molecule has 138 valence electrons. The highest BCUT2D eigenvalue weighted by atomic mass is 35.5. The largest absolute Gasteiger partial charge is 0.346 e. The summed E-state index contributed by atoms with van der Waals surface area (Å²) in [4.78, 5) is 15.4. The Hall–Kier alpha value is -1.49. The van der Waals surface area contributed by atoms with Gasteiger partial charge in [-0.25, -0.2) is 0 Å². The first-order valence-electron chi connectivity index (χ1n) is 9.12. The van der Waals surface area contributed by atoms with Gasteiger partial charge in [-0.15, -0.1) is 0 Å². The molecular weight excluding hydrogens is 369 g/mol. The number of hydrogen-bond acceptors (Lipinski definition) is 2. The van der Waals surface area contributed by atoms with Crippen molar-refractivity contribution in [2.45, 2.75) is 31.8 Å². The Morgan fingerprint density at radius 2 is 1.85 bits per heavy atom. The molecule has 2 aromatic rings. The van der Waals surface area contributed by atoms with Crippen LogP contribution in [0.1, 0.15) is 30.3 Å². The molecule has 26 heavy (non-hydrogen) atoms. The zero-order valence-corrected chi connectivity index (χ0v) is 16.5. The summed E-state index contributed by atoms with van der Waals surface area (Å²) in [5.74, 6) is 0.582. The molecule has 3 aliphatic heterocycles. The zero-order valence-electron chi connectivity index (χ0n) is 15.0. The summed E-state index contributed by atoms with van der Waals surface area (Å²) in [5.41, 5.74) is 2.54. The lowest BCUT2D eigenvalue weighted by atomic mass is 9.79. The van der Waals surface area contributed by atoms with Gasteiger partial charge >= 0.3 is 0 Å². The van der Waals surface area contributed by atoms with Gasteiger partial charge in [0.2, 0.25) is 0 Å². The van der Waals surface area contributed by atoms with E-state index in [0.717, 1.165) is 24.3 Å². The number of carbonyl (C=O) groups is 1. The molecule has 6 heteroatoms. The van der Waals surface area contributed by atoms with E-state index in [9.17, 15) is 4.79 Å². The average molecular weight is 392 g/mol. The fourth-order valence-corrected chi connectivity index (χ4v) is 4.75. The van der Waals surface area contributed by atoms with Crippen molar-refractivity contribution >= 4 is 29.1 Å². The molecule has 1 N–H and O–H groups in total. The molecule has 1 amide bonds. The maximum absolute atomic E-state index is 12.9. The third-order valence-corrected chi connectivity index (χ3v) is 6.78. The Labute approximate surface area is 164 Å². The van der Waals surface area contributed by atoms with E-state index in [4.69, 9.17) is 23.2 Å². The van der Waals surface area contributed by atoms with E-state index in [2.05, 4.69) is 17.1 Å². The van der Waals surface area contributed by atoms with Crippen LogP contribution in [0.2, 0.25) is 10.0 Å². The molecule has 3 aliphatic rings. The molecule has 0 saturated carbocycles. The highest BCUT2D eigenvalue weighted by Crippen LogP contribution is 2.33. The van der Waals surface area contributed by atoms with Crippen LogP contribution in [0.3, 0.4) is 0 Å². The van der Waals surface area contributed by atoms with Crippen molar-refractivity contribution < 1.29 is 4.79 Å². The van der Waals surface area contributed by atoms with Crippen LogP contribution in [0.5, 0.6) is 0 Å². The minimum atomic E-state index is -0.00981. The van der Waals surface area contributed by atoms with Crippen molar-refractivity contribution in [3.8, 4) is 11.3 Å². The van der Waals surface area contributed by atoms with Crippen molar-refractivity contribution in [3.63, 3.8) is 0 Å². The predicted molar refractivity (Wildman–Crippen MR) is 106 cm³/mol. The topological polar surface area (TPSA) is 37.3 Å². The van der Waals surface area contributed by atoms with Gasteiger partial charge in [0.25, 0.3) is 5.91 Å². The highest BCUT2D eigenvalue weighted by molar-refractivity contribution is 6.42. The molecule has 5 rings (SSSR count). The summed E-state index contributed by atoms with van der Waals surface area (Å²) in [6.07, 6.45) is 2.36. The third-order valence-electron chi connectivity index (χ3n) is 6.05. The number of amides is 1. The van der Waals surface area contributed by atoms with Gasteiger partial charge in [0, 0.05) is 24.8 Å². The van der Waals surface area contributed by atoms with Crippen LogP contribution in [0.25, 0.3) is 11.3 Å². The Morgan fingerprint density at radius 3 is 2.50 bits per heavy atom. The monoisotopic (exact) mass is 391 g/mol. The van der Waals surface area contributed by atoms with E-state index in [1.54, 1.807) is 6.07 Å². The van der Waals surface area contributed by atoms with Crippen molar-refractivity contribution in [2.75, 3.05) is 13.1 Å². The van der Waals surface area contributed by atoms with Crippen molar-refractivity contribution in [1.82, 2.24) is 14.8 Å². The Bertz CT molecular complexity index is 838. The number of benzene rings is 1. The van der Waals surface area contributed by atoms with E-state index in [1.165, 1.54) is 12.8 Å². The Morgan fingerprint density at radius 1 is 1.12 bits per heavy atom. The van der Waals surface area contributed by atoms with Crippen LogP contribution in [-0.2, 0) is 7.05 Å². The van der Waals surface area contributed by atoms with Gasteiger partial charge in [0.05, 0.1) is 10.0 Å². The van der Waals surface area contributed by atoms with Crippen LogP contribution in [0.4, 0.5) is 0 Å². The van der Waals surface area contributed by atoms with Crippen molar-refractivity contribution in [3.05, 3.63) is 46.1 Å². The molecule has 4 nitrogen and oxygen atoms in total.